The molecule has 2 heterocycles. The van der Waals surface area contributed by atoms with E-state index in [1.54, 1.807) is 11.0 Å². The van der Waals surface area contributed by atoms with Crippen molar-refractivity contribution in [1.82, 2.24) is 9.21 Å². The molecule has 11 heteroatoms. The molecule has 0 spiro atoms. The van der Waals surface area contributed by atoms with E-state index in [1.807, 2.05) is 6.26 Å². The number of rotatable bonds is 7. The maximum Gasteiger partial charge on any atom is 0.261 e. The first-order valence-electron chi connectivity index (χ1n) is 12.2. The molecule has 0 radical (unpaired) electrons. The molecule has 2 aromatic rings. The molecule has 2 aliphatic rings. The van der Waals surface area contributed by atoms with Gasteiger partial charge in [0.25, 0.3) is 15.9 Å². The molecule has 0 aromatic heterocycles. The summed E-state index contributed by atoms with van der Waals surface area (Å²) in [6.45, 7) is 4.50. The summed E-state index contributed by atoms with van der Waals surface area (Å²) >= 11 is 1.40. The molecular formula is C25H33N3O5S3. The Bertz CT molecular complexity index is 1300. The Morgan fingerprint density at radius 3 is 2.11 bits per heavy atom. The summed E-state index contributed by atoms with van der Waals surface area (Å²) in [7, 11) is -7.59. The van der Waals surface area contributed by atoms with Gasteiger partial charge in [0.05, 0.1) is 15.4 Å². The lowest BCUT2D eigenvalue weighted by molar-refractivity contribution is 0.0693. The van der Waals surface area contributed by atoms with Gasteiger partial charge in [0.15, 0.2) is 0 Å². The Kier molecular flexibility index (Phi) is 8.33. The van der Waals surface area contributed by atoms with E-state index in [0.29, 0.717) is 37.7 Å². The third-order valence-electron chi connectivity index (χ3n) is 6.84. The van der Waals surface area contributed by atoms with Crippen molar-refractivity contribution < 1.29 is 21.6 Å². The minimum atomic E-state index is -3.99. The predicted octanol–water partition coefficient (Wildman–Crippen LogP) is 4.26. The van der Waals surface area contributed by atoms with Crippen LogP contribution in [-0.4, -0.2) is 64.4 Å². The highest BCUT2D eigenvalue weighted by atomic mass is 32.2. The van der Waals surface area contributed by atoms with E-state index in [4.69, 9.17) is 0 Å². The number of hydrogen-bond donors (Lipinski definition) is 1. The van der Waals surface area contributed by atoms with E-state index in [0.717, 1.165) is 37.0 Å². The highest BCUT2D eigenvalue weighted by Gasteiger charge is 2.27. The predicted molar refractivity (Wildman–Crippen MR) is 142 cm³/mol. The zero-order chi connectivity index (χ0) is 25.9. The summed E-state index contributed by atoms with van der Waals surface area (Å²) in [5.74, 6) is 0.418. The van der Waals surface area contributed by atoms with Crippen LogP contribution in [0, 0.1) is 5.92 Å². The van der Waals surface area contributed by atoms with Crippen LogP contribution in [0.2, 0.25) is 0 Å². The monoisotopic (exact) mass is 551 g/mol. The van der Waals surface area contributed by atoms with E-state index in [1.165, 1.54) is 52.5 Å². The maximum absolute atomic E-state index is 13.2. The van der Waals surface area contributed by atoms with Crippen molar-refractivity contribution in [3.8, 4) is 0 Å². The summed E-state index contributed by atoms with van der Waals surface area (Å²) in [6, 6.07) is 10.3. The van der Waals surface area contributed by atoms with Crippen LogP contribution >= 0.6 is 11.8 Å². The fourth-order valence-electron chi connectivity index (χ4n) is 4.57. The van der Waals surface area contributed by atoms with Gasteiger partial charge >= 0.3 is 0 Å². The molecule has 8 nitrogen and oxygen atoms in total. The molecule has 0 unspecified atom stereocenters. The van der Waals surface area contributed by atoms with Gasteiger partial charge in [0, 0.05) is 36.8 Å². The normalized spacial score (nSPS) is 18.2. The highest BCUT2D eigenvalue weighted by molar-refractivity contribution is 7.98. The number of nitrogens with one attached hydrogen (secondary N) is 1. The van der Waals surface area contributed by atoms with Gasteiger partial charge in [-0.3, -0.25) is 9.52 Å². The second-order valence-electron chi connectivity index (χ2n) is 9.43. The Labute approximate surface area is 218 Å². The van der Waals surface area contributed by atoms with E-state index < -0.39 is 20.0 Å². The van der Waals surface area contributed by atoms with Crippen molar-refractivity contribution in [3.63, 3.8) is 0 Å². The van der Waals surface area contributed by atoms with Crippen LogP contribution in [0.3, 0.4) is 0 Å². The first-order chi connectivity index (χ1) is 17.1. The van der Waals surface area contributed by atoms with Gasteiger partial charge in [-0.25, -0.2) is 16.8 Å². The van der Waals surface area contributed by atoms with Crippen LogP contribution in [0.4, 0.5) is 5.69 Å². The molecule has 36 heavy (non-hydrogen) atoms. The van der Waals surface area contributed by atoms with Crippen LogP contribution in [-0.2, 0) is 20.0 Å². The minimum Gasteiger partial charge on any atom is -0.339 e. The average molecular weight is 552 g/mol. The van der Waals surface area contributed by atoms with Crippen molar-refractivity contribution in [3.05, 3.63) is 48.0 Å². The van der Waals surface area contributed by atoms with Gasteiger partial charge in [-0.2, -0.15) is 4.31 Å². The Balaban J connectivity index is 1.53. The number of sulfonamides is 2. The number of carbonyl (C=O) groups is 1. The van der Waals surface area contributed by atoms with Gasteiger partial charge in [0.2, 0.25) is 10.0 Å². The van der Waals surface area contributed by atoms with E-state index in [2.05, 4.69) is 11.6 Å². The number of carbonyl (C=O) groups excluding carboxylic acids is 1. The Hall–Kier alpha value is -2.08. The lowest BCUT2D eigenvalue weighted by atomic mass is 9.98. The summed E-state index contributed by atoms with van der Waals surface area (Å²) < 4.78 is 56.0. The van der Waals surface area contributed by atoms with Gasteiger partial charge < -0.3 is 4.90 Å². The molecule has 0 bridgehead atoms. The number of hydrogen-bond acceptors (Lipinski definition) is 6. The third-order valence-corrected chi connectivity index (χ3v) is 10.9. The van der Waals surface area contributed by atoms with Crippen LogP contribution in [0.25, 0.3) is 0 Å². The molecule has 1 N–H and O–H groups in total. The quantitative estimate of drug-likeness (QED) is 0.516. The molecule has 2 saturated heterocycles. The van der Waals surface area contributed by atoms with Crippen LogP contribution in [0.5, 0.6) is 0 Å². The van der Waals surface area contributed by atoms with Crippen molar-refractivity contribution in [2.75, 3.05) is 37.2 Å². The molecule has 0 aliphatic carbocycles. The number of anilines is 1. The second-order valence-corrected chi connectivity index (χ2v) is 13.9. The topological polar surface area (TPSA) is 104 Å². The number of benzene rings is 2. The Morgan fingerprint density at radius 1 is 0.889 bits per heavy atom. The molecule has 2 aromatic carbocycles. The lowest BCUT2D eigenvalue weighted by Gasteiger charge is -2.30. The fourth-order valence-corrected chi connectivity index (χ4v) is 7.74. The molecule has 2 fully saturated rings. The SMILES string of the molecule is CSc1ccc(S(=O)(=O)Nc2ccc(S(=O)(=O)N3CCCCC3)cc2)cc1C(=O)N1CCC(C)CC1. The summed E-state index contributed by atoms with van der Waals surface area (Å²) in [5, 5.41) is 0. The zero-order valence-corrected chi connectivity index (χ0v) is 23.1. The number of piperidine rings is 2. The molecule has 4 rings (SSSR count). The van der Waals surface area contributed by atoms with E-state index in [-0.39, 0.29) is 21.4 Å². The van der Waals surface area contributed by atoms with E-state index in [9.17, 15) is 21.6 Å². The fraction of sp³-hybridized carbons (Fsp3) is 0.480. The standard InChI is InChI=1S/C25H33N3O5S3/c1-19-12-16-27(17-13-19)25(29)23-18-22(10-11-24(23)34-2)35(30,31)26-20-6-8-21(9-7-20)36(32,33)28-14-4-3-5-15-28/h6-11,18-19,26H,3-5,12-17H2,1-2H3. The molecule has 0 saturated carbocycles. The van der Waals surface area contributed by atoms with Crippen LogP contribution < -0.4 is 4.72 Å². The smallest absolute Gasteiger partial charge is 0.261 e. The average Bonchev–Trinajstić information content (AvgIpc) is 2.89. The maximum atomic E-state index is 13.2. The first kappa shape index (κ1) is 27.0. The van der Waals surface area contributed by atoms with E-state index >= 15 is 0 Å². The van der Waals surface area contributed by atoms with Gasteiger partial charge in [-0.1, -0.05) is 13.3 Å². The first-order valence-corrected chi connectivity index (χ1v) is 16.4. The second kappa shape index (κ2) is 11.1. The van der Waals surface area contributed by atoms with Crippen molar-refractivity contribution in [1.29, 1.82) is 0 Å². The molecule has 0 atom stereocenters. The summed E-state index contributed by atoms with van der Waals surface area (Å²) in [5.41, 5.74) is 0.627. The lowest BCUT2D eigenvalue weighted by Crippen LogP contribution is -2.38. The summed E-state index contributed by atoms with van der Waals surface area (Å²) in [4.78, 5) is 15.9. The third kappa shape index (κ3) is 5.90. The van der Waals surface area contributed by atoms with Crippen LogP contribution in [0.1, 0.15) is 49.4 Å². The zero-order valence-electron chi connectivity index (χ0n) is 20.6. The van der Waals surface area contributed by atoms with Crippen molar-refractivity contribution in [2.24, 2.45) is 5.92 Å². The summed E-state index contributed by atoms with van der Waals surface area (Å²) in [6.07, 6.45) is 6.43. The van der Waals surface area contributed by atoms with Crippen molar-refractivity contribution in [2.45, 2.75) is 53.7 Å². The van der Waals surface area contributed by atoms with Gasteiger partial charge in [-0.05, 0) is 80.3 Å². The highest BCUT2D eigenvalue weighted by Crippen LogP contribution is 2.28. The minimum absolute atomic E-state index is 0.0148. The molecule has 2 aliphatic heterocycles. The van der Waals surface area contributed by atoms with Crippen LogP contribution in [0.15, 0.2) is 57.2 Å². The number of amides is 1. The largest absolute Gasteiger partial charge is 0.339 e. The van der Waals surface area contributed by atoms with Gasteiger partial charge in [-0.15, -0.1) is 11.8 Å². The molecule has 196 valence electrons. The molecule has 1 amide bonds. The number of likely N-dealkylation sites (tertiary alicyclic amines) is 1. The molecular weight excluding hydrogens is 518 g/mol. The Morgan fingerprint density at radius 2 is 1.50 bits per heavy atom. The van der Waals surface area contributed by atoms with Crippen molar-refractivity contribution >= 4 is 43.4 Å². The number of thioether (sulfide) groups is 1. The van der Waals surface area contributed by atoms with Gasteiger partial charge in [0.1, 0.15) is 0 Å². The number of nitrogens with zero attached hydrogens (tertiary/aromatic N) is 2.